The summed E-state index contributed by atoms with van der Waals surface area (Å²) in [4.78, 5) is 22.7. The Hall–Kier alpha value is -1.31. The Morgan fingerprint density at radius 1 is 1.32 bits per heavy atom. The third kappa shape index (κ3) is 5.46. The van der Waals surface area contributed by atoms with Gasteiger partial charge in [0.05, 0.1) is 28.4 Å². The number of para-hydroxylation sites is 1. The van der Waals surface area contributed by atoms with Gasteiger partial charge >= 0.3 is 0 Å². The van der Waals surface area contributed by atoms with Gasteiger partial charge in [-0.2, -0.15) is 0 Å². The van der Waals surface area contributed by atoms with Crippen LogP contribution < -0.4 is 5.32 Å². The van der Waals surface area contributed by atoms with Gasteiger partial charge in [-0.25, -0.2) is 0 Å². The topological polar surface area (TPSA) is 69.6 Å². The SMILES string of the molecule is CC(=O)N(I)CCCCNC(=O)c1ccccc1O. The van der Waals surface area contributed by atoms with Crippen molar-refractivity contribution in [2.45, 2.75) is 19.8 Å². The quantitative estimate of drug-likeness (QED) is 0.454. The molecular weight excluding hydrogens is 359 g/mol. The zero-order chi connectivity index (χ0) is 14.3. The highest BCUT2D eigenvalue weighted by molar-refractivity contribution is 14.1. The maximum Gasteiger partial charge on any atom is 0.255 e. The second kappa shape index (κ2) is 7.98. The summed E-state index contributed by atoms with van der Waals surface area (Å²) in [6, 6.07) is 6.43. The van der Waals surface area contributed by atoms with Crippen LogP contribution in [0.1, 0.15) is 30.1 Å². The molecule has 0 heterocycles. The van der Waals surface area contributed by atoms with Gasteiger partial charge in [0, 0.05) is 20.0 Å². The Bertz CT molecular complexity index is 451. The molecule has 6 heteroatoms. The number of phenols is 1. The van der Waals surface area contributed by atoms with Crippen molar-refractivity contribution in [3.63, 3.8) is 0 Å². The number of hydrogen-bond donors (Lipinski definition) is 2. The van der Waals surface area contributed by atoms with Gasteiger partial charge in [-0.05, 0) is 25.0 Å². The number of rotatable bonds is 6. The molecule has 0 bridgehead atoms. The van der Waals surface area contributed by atoms with Gasteiger partial charge in [-0.1, -0.05) is 12.1 Å². The van der Waals surface area contributed by atoms with Gasteiger partial charge in [0.1, 0.15) is 5.75 Å². The average Bonchev–Trinajstić information content (AvgIpc) is 2.38. The Labute approximate surface area is 126 Å². The van der Waals surface area contributed by atoms with Gasteiger partial charge in [-0.3, -0.25) is 12.7 Å². The van der Waals surface area contributed by atoms with Crippen molar-refractivity contribution in [2.24, 2.45) is 0 Å². The zero-order valence-corrected chi connectivity index (χ0v) is 12.9. The molecule has 0 aliphatic carbocycles. The third-order valence-corrected chi connectivity index (χ3v) is 3.72. The standard InChI is InChI=1S/C13H17IN2O3/c1-10(17)16(14)9-5-4-8-15-13(19)11-6-2-3-7-12(11)18/h2-3,6-7,18H,4-5,8-9H2,1H3,(H,15,19). The first kappa shape index (κ1) is 15.7. The molecule has 104 valence electrons. The summed E-state index contributed by atoms with van der Waals surface area (Å²) in [7, 11) is 0. The second-order valence-corrected chi connectivity index (χ2v) is 5.25. The number of benzene rings is 1. The van der Waals surface area contributed by atoms with E-state index < -0.39 is 0 Å². The minimum atomic E-state index is -0.281. The molecule has 0 saturated heterocycles. The highest BCUT2D eigenvalue weighted by Gasteiger charge is 2.09. The van der Waals surface area contributed by atoms with Gasteiger partial charge in [0.2, 0.25) is 5.91 Å². The number of nitrogens with zero attached hydrogens (tertiary/aromatic N) is 1. The molecule has 1 aromatic rings. The number of carbonyl (C=O) groups excluding carboxylic acids is 2. The van der Waals surface area contributed by atoms with Gasteiger partial charge in [0.25, 0.3) is 5.91 Å². The fourth-order valence-corrected chi connectivity index (χ4v) is 1.84. The minimum Gasteiger partial charge on any atom is -0.507 e. The predicted molar refractivity (Wildman–Crippen MR) is 81.1 cm³/mol. The lowest BCUT2D eigenvalue weighted by Crippen LogP contribution is -2.25. The van der Waals surface area contributed by atoms with Crippen LogP contribution in [0.4, 0.5) is 0 Å². The number of aromatic hydroxyl groups is 1. The van der Waals surface area contributed by atoms with Crippen LogP contribution >= 0.6 is 22.9 Å². The number of unbranched alkanes of at least 4 members (excludes halogenated alkanes) is 1. The lowest BCUT2D eigenvalue weighted by molar-refractivity contribution is -0.123. The molecule has 0 aliphatic rings. The van der Waals surface area contributed by atoms with E-state index in [1.807, 2.05) is 22.9 Å². The van der Waals surface area contributed by atoms with Crippen molar-refractivity contribution < 1.29 is 14.7 Å². The van der Waals surface area contributed by atoms with E-state index in [0.29, 0.717) is 13.1 Å². The summed E-state index contributed by atoms with van der Waals surface area (Å²) in [5.41, 5.74) is 0.279. The normalized spacial score (nSPS) is 10.0. The maximum absolute atomic E-state index is 11.7. The fraction of sp³-hybridized carbons (Fsp3) is 0.385. The van der Waals surface area contributed by atoms with Crippen molar-refractivity contribution in [2.75, 3.05) is 13.1 Å². The van der Waals surface area contributed by atoms with E-state index in [1.54, 1.807) is 21.3 Å². The van der Waals surface area contributed by atoms with Crippen molar-refractivity contribution in [3.8, 4) is 5.75 Å². The van der Waals surface area contributed by atoms with Crippen LogP contribution in [0, 0.1) is 0 Å². The first-order valence-corrected chi connectivity index (χ1v) is 6.99. The van der Waals surface area contributed by atoms with Crippen molar-refractivity contribution in [1.82, 2.24) is 8.43 Å². The molecule has 0 radical (unpaired) electrons. The van der Waals surface area contributed by atoms with Crippen LogP contribution in [0.25, 0.3) is 0 Å². The molecule has 0 atom stereocenters. The zero-order valence-electron chi connectivity index (χ0n) is 10.7. The van der Waals surface area contributed by atoms with E-state index in [0.717, 1.165) is 12.8 Å². The fourth-order valence-electron chi connectivity index (χ4n) is 1.50. The van der Waals surface area contributed by atoms with E-state index in [1.165, 1.54) is 13.0 Å². The Morgan fingerprint density at radius 3 is 2.63 bits per heavy atom. The van der Waals surface area contributed by atoms with Crippen molar-refractivity contribution in [3.05, 3.63) is 29.8 Å². The molecule has 0 aliphatic heterocycles. The van der Waals surface area contributed by atoms with Gasteiger partial charge in [-0.15, -0.1) is 0 Å². The monoisotopic (exact) mass is 376 g/mol. The lowest BCUT2D eigenvalue weighted by atomic mass is 10.2. The first-order valence-electron chi connectivity index (χ1n) is 6.02. The summed E-state index contributed by atoms with van der Waals surface area (Å²) >= 11 is 1.97. The van der Waals surface area contributed by atoms with Gasteiger partial charge < -0.3 is 10.4 Å². The van der Waals surface area contributed by atoms with Crippen LogP contribution in [0.3, 0.4) is 0 Å². The highest BCUT2D eigenvalue weighted by Crippen LogP contribution is 2.14. The lowest BCUT2D eigenvalue weighted by Gasteiger charge is -2.11. The number of carbonyl (C=O) groups is 2. The molecule has 19 heavy (non-hydrogen) atoms. The van der Waals surface area contributed by atoms with Crippen LogP contribution in [-0.2, 0) is 4.79 Å². The van der Waals surface area contributed by atoms with Crippen LogP contribution in [0.5, 0.6) is 5.75 Å². The number of nitrogens with one attached hydrogen (secondary N) is 1. The largest absolute Gasteiger partial charge is 0.507 e. The van der Waals surface area contributed by atoms with Gasteiger partial charge in [0.15, 0.2) is 0 Å². The Kier molecular flexibility index (Phi) is 6.61. The number of hydrogen-bond acceptors (Lipinski definition) is 3. The molecule has 5 nitrogen and oxygen atoms in total. The molecule has 0 spiro atoms. The summed E-state index contributed by atoms with van der Waals surface area (Å²) in [5.74, 6) is -0.273. The Balaban J connectivity index is 2.25. The van der Waals surface area contributed by atoms with Crippen LogP contribution in [0.2, 0.25) is 0 Å². The maximum atomic E-state index is 11.7. The molecule has 0 saturated carbocycles. The molecule has 2 amide bonds. The second-order valence-electron chi connectivity index (χ2n) is 4.08. The summed E-state index contributed by atoms with van der Waals surface area (Å²) in [5, 5.41) is 12.2. The molecule has 1 aromatic carbocycles. The van der Waals surface area contributed by atoms with E-state index in [4.69, 9.17) is 0 Å². The molecular formula is C13H17IN2O3. The summed E-state index contributed by atoms with van der Waals surface area (Å²) < 4.78 is 1.61. The first-order chi connectivity index (χ1) is 9.02. The van der Waals surface area contributed by atoms with E-state index in [-0.39, 0.29) is 23.1 Å². The average molecular weight is 376 g/mol. The molecule has 0 unspecified atom stereocenters. The number of halogens is 1. The summed E-state index contributed by atoms with van der Waals surface area (Å²) in [6.07, 6.45) is 1.61. The highest BCUT2D eigenvalue weighted by atomic mass is 127. The molecule has 2 N–H and O–H groups in total. The van der Waals surface area contributed by atoms with E-state index in [2.05, 4.69) is 5.32 Å². The molecule has 0 fully saturated rings. The molecule has 0 aromatic heterocycles. The minimum absolute atomic E-state index is 0.0185. The number of amides is 2. The molecule has 1 rings (SSSR count). The van der Waals surface area contributed by atoms with E-state index >= 15 is 0 Å². The third-order valence-electron chi connectivity index (χ3n) is 2.56. The van der Waals surface area contributed by atoms with Crippen molar-refractivity contribution >= 4 is 34.7 Å². The van der Waals surface area contributed by atoms with Crippen LogP contribution in [0.15, 0.2) is 24.3 Å². The number of phenolic OH excluding ortho intramolecular Hbond substituents is 1. The smallest absolute Gasteiger partial charge is 0.255 e. The van der Waals surface area contributed by atoms with Crippen molar-refractivity contribution in [1.29, 1.82) is 0 Å². The summed E-state index contributed by atoms with van der Waals surface area (Å²) in [6.45, 7) is 2.71. The Morgan fingerprint density at radius 2 is 2.00 bits per heavy atom. The van der Waals surface area contributed by atoms with E-state index in [9.17, 15) is 14.7 Å². The predicted octanol–water partition coefficient (Wildman–Crippen LogP) is 2.10. The van der Waals surface area contributed by atoms with Crippen LogP contribution in [-0.4, -0.2) is 33.1 Å².